The number of anilines is 1. The van der Waals surface area contributed by atoms with Crippen LogP contribution in [0.5, 0.6) is 0 Å². The fraction of sp³-hybridized carbons (Fsp3) is 0.467. The van der Waals surface area contributed by atoms with Crippen molar-refractivity contribution in [1.29, 1.82) is 0 Å². The third-order valence-electron chi connectivity index (χ3n) is 3.52. The molecule has 21 heavy (non-hydrogen) atoms. The summed E-state index contributed by atoms with van der Waals surface area (Å²) in [6.45, 7) is 2.28. The molecule has 1 saturated heterocycles. The van der Waals surface area contributed by atoms with E-state index in [1.54, 1.807) is 11.8 Å². The molecule has 2 rings (SSSR count). The first-order valence-corrected chi connectivity index (χ1v) is 7.04. The van der Waals surface area contributed by atoms with Gasteiger partial charge < -0.3 is 15.3 Å². The van der Waals surface area contributed by atoms with Gasteiger partial charge in [0.1, 0.15) is 5.82 Å². The number of carbonyl (C=O) groups excluding carboxylic acids is 2. The number of benzene rings is 1. The maximum absolute atomic E-state index is 13.8. The maximum Gasteiger partial charge on any atom is 0.254 e. The van der Waals surface area contributed by atoms with Gasteiger partial charge in [0, 0.05) is 31.3 Å². The first-order chi connectivity index (χ1) is 10.0. The molecule has 1 aliphatic heterocycles. The average molecular weight is 294 g/mol. The van der Waals surface area contributed by atoms with Crippen LogP contribution >= 0.6 is 0 Å². The van der Waals surface area contributed by atoms with Gasteiger partial charge in [0.2, 0.25) is 5.91 Å². The summed E-state index contributed by atoms with van der Waals surface area (Å²) in [7, 11) is 0. The lowest BCUT2D eigenvalue weighted by molar-refractivity contribution is -0.117. The molecule has 0 spiro atoms. The van der Waals surface area contributed by atoms with Gasteiger partial charge >= 0.3 is 0 Å². The number of nitrogens with one attached hydrogen (secondary N) is 1. The van der Waals surface area contributed by atoms with Gasteiger partial charge in [0.05, 0.1) is 5.56 Å². The van der Waals surface area contributed by atoms with E-state index < -0.39 is 11.7 Å². The molecule has 0 aliphatic carbocycles. The fourth-order valence-corrected chi connectivity index (χ4v) is 2.34. The lowest BCUT2D eigenvalue weighted by Crippen LogP contribution is -2.34. The Kier molecular flexibility index (Phi) is 4.90. The Balaban J connectivity index is 2.19. The Morgan fingerprint density at radius 2 is 2.29 bits per heavy atom. The molecule has 1 atom stereocenters. The fourth-order valence-electron chi connectivity index (χ4n) is 2.34. The molecule has 0 aromatic heterocycles. The van der Waals surface area contributed by atoms with Gasteiger partial charge in [-0.05, 0) is 38.0 Å². The van der Waals surface area contributed by atoms with Crippen LogP contribution in [-0.4, -0.2) is 36.1 Å². The molecule has 2 amide bonds. The maximum atomic E-state index is 13.8. The van der Waals surface area contributed by atoms with Crippen LogP contribution in [0.1, 0.15) is 36.5 Å². The Morgan fingerprint density at radius 3 is 2.90 bits per heavy atom. The SMILES string of the molecule is CC(CCO)NC(=O)c1cc(N2CCCC2=O)ccc1F. The summed E-state index contributed by atoms with van der Waals surface area (Å²) in [4.78, 5) is 25.3. The van der Waals surface area contributed by atoms with Crippen LogP contribution in [0.25, 0.3) is 0 Å². The minimum Gasteiger partial charge on any atom is -0.396 e. The van der Waals surface area contributed by atoms with Gasteiger partial charge in [-0.3, -0.25) is 9.59 Å². The van der Waals surface area contributed by atoms with Gasteiger partial charge in [-0.1, -0.05) is 0 Å². The Labute approximate surface area is 122 Å². The van der Waals surface area contributed by atoms with Crippen LogP contribution in [-0.2, 0) is 4.79 Å². The highest BCUT2D eigenvalue weighted by atomic mass is 19.1. The predicted octanol–water partition coefficient (Wildman–Crippen LogP) is 1.45. The van der Waals surface area contributed by atoms with E-state index in [1.165, 1.54) is 18.2 Å². The molecular formula is C15H19FN2O3. The van der Waals surface area contributed by atoms with Crippen molar-refractivity contribution in [3.05, 3.63) is 29.6 Å². The molecule has 5 nitrogen and oxygen atoms in total. The second kappa shape index (κ2) is 6.67. The predicted molar refractivity (Wildman–Crippen MR) is 76.6 cm³/mol. The lowest BCUT2D eigenvalue weighted by Gasteiger charge is -2.18. The molecule has 1 fully saturated rings. The second-order valence-corrected chi connectivity index (χ2v) is 5.20. The zero-order valence-corrected chi connectivity index (χ0v) is 11.9. The molecule has 0 saturated carbocycles. The van der Waals surface area contributed by atoms with E-state index in [2.05, 4.69) is 5.32 Å². The van der Waals surface area contributed by atoms with E-state index in [4.69, 9.17) is 5.11 Å². The summed E-state index contributed by atoms with van der Waals surface area (Å²) in [6.07, 6.45) is 1.65. The Bertz CT molecular complexity index is 548. The number of hydrogen-bond donors (Lipinski definition) is 2. The summed E-state index contributed by atoms with van der Waals surface area (Å²) in [5, 5.41) is 11.4. The number of carbonyl (C=O) groups is 2. The van der Waals surface area contributed by atoms with E-state index >= 15 is 0 Å². The van der Waals surface area contributed by atoms with Crippen molar-refractivity contribution in [2.75, 3.05) is 18.1 Å². The summed E-state index contributed by atoms with van der Waals surface area (Å²) >= 11 is 0. The topological polar surface area (TPSA) is 69.6 Å². The number of amides is 2. The van der Waals surface area contributed by atoms with Crippen LogP contribution in [0.4, 0.5) is 10.1 Å². The van der Waals surface area contributed by atoms with Crippen LogP contribution in [0, 0.1) is 5.82 Å². The molecular weight excluding hydrogens is 275 g/mol. The molecule has 0 radical (unpaired) electrons. The van der Waals surface area contributed by atoms with Gasteiger partial charge in [0.15, 0.2) is 0 Å². The normalized spacial score (nSPS) is 16.1. The average Bonchev–Trinajstić information content (AvgIpc) is 2.85. The van der Waals surface area contributed by atoms with Gasteiger partial charge in [-0.15, -0.1) is 0 Å². The number of halogens is 1. The number of hydrogen-bond acceptors (Lipinski definition) is 3. The first kappa shape index (κ1) is 15.4. The van der Waals surface area contributed by atoms with Crippen LogP contribution < -0.4 is 10.2 Å². The Hall–Kier alpha value is -1.95. The van der Waals surface area contributed by atoms with Crippen molar-refractivity contribution in [2.24, 2.45) is 0 Å². The minimum absolute atomic E-state index is 0.0124. The van der Waals surface area contributed by atoms with E-state index in [-0.39, 0.29) is 24.1 Å². The van der Waals surface area contributed by atoms with Crippen molar-refractivity contribution < 1.29 is 19.1 Å². The quantitative estimate of drug-likeness (QED) is 0.863. The zero-order chi connectivity index (χ0) is 15.4. The van der Waals surface area contributed by atoms with Crippen molar-refractivity contribution in [3.8, 4) is 0 Å². The van der Waals surface area contributed by atoms with Crippen molar-refractivity contribution in [1.82, 2.24) is 5.32 Å². The summed E-state index contributed by atoms with van der Waals surface area (Å²) in [5.41, 5.74) is 0.454. The van der Waals surface area contributed by atoms with E-state index in [1.807, 2.05) is 0 Å². The highest BCUT2D eigenvalue weighted by Gasteiger charge is 2.23. The summed E-state index contributed by atoms with van der Waals surface area (Å²) in [6, 6.07) is 3.86. The summed E-state index contributed by atoms with van der Waals surface area (Å²) < 4.78 is 13.8. The Morgan fingerprint density at radius 1 is 1.52 bits per heavy atom. The van der Waals surface area contributed by atoms with Crippen molar-refractivity contribution in [2.45, 2.75) is 32.2 Å². The van der Waals surface area contributed by atoms with Crippen molar-refractivity contribution in [3.63, 3.8) is 0 Å². The van der Waals surface area contributed by atoms with E-state index in [9.17, 15) is 14.0 Å². The standard InChI is InChI=1S/C15H19FN2O3/c1-10(6-8-19)17-15(21)12-9-11(4-5-13(12)16)18-7-2-3-14(18)20/h4-5,9-10,19H,2-3,6-8H2,1H3,(H,17,21). The monoisotopic (exact) mass is 294 g/mol. The van der Waals surface area contributed by atoms with Gasteiger partial charge in [-0.25, -0.2) is 4.39 Å². The van der Waals surface area contributed by atoms with Crippen LogP contribution in [0.3, 0.4) is 0 Å². The molecule has 2 N–H and O–H groups in total. The molecule has 1 unspecified atom stereocenters. The highest BCUT2D eigenvalue weighted by Crippen LogP contribution is 2.23. The van der Waals surface area contributed by atoms with E-state index in [0.717, 1.165) is 6.42 Å². The first-order valence-electron chi connectivity index (χ1n) is 7.04. The number of aliphatic hydroxyl groups is 1. The molecule has 1 aliphatic rings. The van der Waals surface area contributed by atoms with Gasteiger partial charge in [-0.2, -0.15) is 0 Å². The molecule has 0 bridgehead atoms. The molecule has 1 aromatic carbocycles. The molecule has 1 heterocycles. The van der Waals surface area contributed by atoms with E-state index in [0.29, 0.717) is 25.1 Å². The number of rotatable bonds is 5. The molecule has 1 aromatic rings. The smallest absolute Gasteiger partial charge is 0.254 e. The van der Waals surface area contributed by atoms with Gasteiger partial charge in [0.25, 0.3) is 5.91 Å². The highest BCUT2D eigenvalue weighted by molar-refractivity contribution is 5.99. The largest absolute Gasteiger partial charge is 0.396 e. The third kappa shape index (κ3) is 3.58. The summed E-state index contributed by atoms with van der Waals surface area (Å²) in [5.74, 6) is -1.18. The van der Waals surface area contributed by atoms with Crippen molar-refractivity contribution >= 4 is 17.5 Å². The number of aliphatic hydroxyl groups excluding tert-OH is 1. The number of nitrogens with zero attached hydrogens (tertiary/aromatic N) is 1. The van der Waals surface area contributed by atoms with Crippen LogP contribution in [0.15, 0.2) is 18.2 Å². The van der Waals surface area contributed by atoms with Crippen LogP contribution in [0.2, 0.25) is 0 Å². The molecule has 6 heteroatoms. The second-order valence-electron chi connectivity index (χ2n) is 5.20. The minimum atomic E-state index is -0.626. The zero-order valence-electron chi connectivity index (χ0n) is 11.9. The lowest BCUT2D eigenvalue weighted by atomic mass is 10.1. The third-order valence-corrected chi connectivity index (χ3v) is 3.52. The molecule has 114 valence electrons.